The average Bonchev–Trinajstić information content (AvgIpc) is 3.15. The summed E-state index contributed by atoms with van der Waals surface area (Å²) in [5.41, 5.74) is 0.909. The Hall–Kier alpha value is -3.79. The molecule has 0 bridgehead atoms. The maximum Gasteiger partial charge on any atom is 0.270 e. The first kappa shape index (κ1) is 21.4. The summed E-state index contributed by atoms with van der Waals surface area (Å²) in [6.45, 7) is 0. The first-order chi connectivity index (χ1) is 15.3. The zero-order valence-corrected chi connectivity index (χ0v) is 17.1. The molecule has 3 aromatic rings. The van der Waals surface area contributed by atoms with Gasteiger partial charge >= 0.3 is 0 Å². The van der Waals surface area contributed by atoms with Gasteiger partial charge in [0.05, 0.1) is 16.4 Å². The number of benzene rings is 3. The summed E-state index contributed by atoms with van der Waals surface area (Å²) in [4.78, 5) is 36.6. The highest BCUT2D eigenvalue weighted by Crippen LogP contribution is 2.43. The van der Waals surface area contributed by atoms with Crippen LogP contribution in [0.3, 0.4) is 0 Å². The van der Waals surface area contributed by atoms with Crippen molar-refractivity contribution in [3.63, 3.8) is 0 Å². The van der Waals surface area contributed by atoms with Crippen LogP contribution in [0.4, 0.5) is 25.8 Å². The lowest BCUT2D eigenvalue weighted by Crippen LogP contribution is -2.28. The molecule has 1 atom stereocenters. The van der Waals surface area contributed by atoms with Gasteiger partial charge in [-0.3, -0.25) is 24.6 Å². The summed E-state index contributed by atoms with van der Waals surface area (Å²) in [6, 6.07) is 15.0. The van der Waals surface area contributed by atoms with E-state index >= 15 is 0 Å². The van der Waals surface area contributed by atoms with Crippen molar-refractivity contribution < 1.29 is 23.3 Å². The van der Waals surface area contributed by atoms with E-state index in [1.165, 1.54) is 47.0 Å². The van der Waals surface area contributed by atoms with Crippen molar-refractivity contribution in [2.45, 2.75) is 5.37 Å². The quantitative estimate of drug-likeness (QED) is 0.436. The van der Waals surface area contributed by atoms with E-state index in [1.54, 1.807) is 24.3 Å². The summed E-state index contributed by atoms with van der Waals surface area (Å²) in [6.07, 6.45) is 0. The third-order valence-electron chi connectivity index (χ3n) is 4.79. The first-order valence-electron chi connectivity index (χ1n) is 9.38. The molecule has 0 aliphatic carbocycles. The molecule has 10 heteroatoms. The lowest BCUT2D eigenvalue weighted by molar-refractivity contribution is -0.384. The minimum Gasteiger partial charge on any atom is -0.322 e. The van der Waals surface area contributed by atoms with Crippen molar-refractivity contribution in [3.8, 4) is 0 Å². The molecule has 162 valence electrons. The van der Waals surface area contributed by atoms with E-state index < -0.39 is 27.8 Å². The monoisotopic (exact) mass is 455 g/mol. The zero-order chi connectivity index (χ0) is 22.8. The normalized spacial score (nSPS) is 15.6. The molecule has 32 heavy (non-hydrogen) atoms. The van der Waals surface area contributed by atoms with E-state index in [0.29, 0.717) is 11.3 Å². The van der Waals surface area contributed by atoms with Crippen LogP contribution in [-0.4, -0.2) is 22.5 Å². The summed E-state index contributed by atoms with van der Waals surface area (Å²) in [7, 11) is 0. The summed E-state index contributed by atoms with van der Waals surface area (Å²) in [5.74, 6) is -2.33. The molecule has 7 nitrogen and oxygen atoms in total. The van der Waals surface area contributed by atoms with Crippen LogP contribution in [0.5, 0.6) is 0 Å². The van der Waals surface area contributed by atoms with E-state index in [2.05, 4.69) is 5.32 Å². The highest BCUT2D eigenvalue weighted by atomic mass is 32.2. The standard InChI is InChI=1S/C22H15F2N3O4S/c23-15-7-8-19(18(24)11-15)26-20(28)12-32-22(26)14-4-1-5-16(9-14)25-21(29)13-3-2-6-17(10-13)27(30)31/h1-11,22H,12H2,(H,25,29). The molecular weight excluding hydrogens is 440 g/mol. The van der Waals surface area contributed by atoms with Crippen LogP contribution in [0, 0.1) is 21.7 Å². The highest BCUT2D eigenvalue weighted by Gasteiger charge is 2.35. The number of rotatable bonds is 5. The van der Waals surface area contributed by atoms with Gasteiger partial charge in [0.15, 0.2) is 0 Å². The largest absolute Gasteiger partial charge is 0.322 e. The number of carbonyl (C=O) groups is 2. The molecule has 1 aliphatic rings. The van der Waals surface area contributed by atoms with Crippen LogP contribution >= 0.6 is 11.8 Å². The SMILES string of the molecule is O=C(Nc1cccc(C2SCC(=O)N2c2ccc(F)cc2F)c1)c1cccc([N+](=O)[O-])c1. The third kappa shape index (κ3) is 4.30. The van der Waals surface area contributed by atoms with Gasteiger partial charge in [-0.1, -0.05) is 18.2 Å². The predicted octanol–water partition coefficient (Wildman–Crippen LogP) is 4.90. The molecule has 3 aromatic carbocycles. The summed E-state index contributed by atoms with van der Waals surface area (Å²) >= 11 is 1.28. The van der Waals surface area contributed by atoms with E-state index in [0.717, 1.165) is 12.1 Å². The Labute approximate surface area is 185 Å². The fourth-order valence-electron chi connectivity index (χ4n) is 3.34. The smallest absolute Gasteiger partial charge is 0.270 e. The Morgan fingerprint density at radius 1 is 1.09 bits per heavy atom. The predicted molar refractivity (Wildman–Crippen MR) is 117 cm³/mol. The minimum atomic E-state index is -0.846. The maximum absolute atomic E-state index is 14.3. The number of amides is 2. The lowest BCUT2D eigenvalue weighted by atomic mass is 10.1. The van der Waals surface area contributed by atoms with Gasteiger partial charge in [0, 0.05) is 29.4 Å². The molecule has 4 rings (SSSR count). The van der Waals surface area contributed by atoms with Gasteiger partial charge in [-0.25, -0.2) is 8.78 Å². The van der Waals surface area contributed by atoms with Crippen LogP contribution in [-0.2, 0) is 4.79 Å². The van der Waals surface area contributed by atoms with Gasteiger partial charge in [0.2, 0.25) is 5.91 Å². The van der Waals surface area contributed by atoms with Crippen molar-refractivity contribution >= 4 is 40.6 Å². The van der Waals surface area contributed by atoms with Crippen molar-refractivity contribution in [1.29, 1.82) is 0 Å². The van der Waals surface area contributed by atoms with Crippen molar-refractivity contribution in [2.75, 3.05) is 16.0 Å². The van der Waals surface area contributed by atoms with Gasteiger partial charge < -0.3 is 5.32 Å². The molecule has 2 amide bonds. The van der Waals surface area contributed by atoms with Crippen LogP contribution in [0.25, 0.3) is 0 Å². The topological polar surface area (TPSA) is 92.6 Å². The number of carbonyl (C=O) groups excluding carboxylic acids is 2. The van der Waals surface area contributed by atoms with E-state index in [9.17, 15) is 28.5 Å². The van der Waals surface area contributed by atoms with Crippen LogP contribution in [0.1, 0.15) is 21.3 Å². The molecule has 1 unspecified atom stereocenters. The van der Waals surface area contributed by atoms with Crippen molar-refractivity contribution in [2.24, 2.45) is 0 Å². The Morgan fingerprint density at radius 3 is 2.62 bits per heavy atom. The zero-order valence-electron chi connectivity index (χ0n) is 16.3. The Kier molecular flexibility index (Phi) is 5.87. The fourth-order valence-corrected chi connectivity index (χ4v) is 4.50. The number of thioether (sulfide) groups is 1. The Balaban J connectivity index is 1.59. The molecule has 0 radical (unpaired) electrons. The number of anilines is 2. The van der Waals surface area contributed by atoms with Crippen molar-refractivity contribution in [3.05, 3.63) is 99.6 Å². The molecule has 1 N–H and O–H groups in total. The first-order valence-corrected chi connectivity index (χ1v) is 10.4. The number of nitro benzene ring substituents is 1. The minimum absolute atomic E-state index is 0.0302. The summed E-state index contributed by atoms with van der Waals surface area (Å²) in [5, 5.41) is 13.0. The van der Waals surface area contributed by atoms with Crippen LogP contribution in [0.15, 0.2) is 66.7 Å². The van der Waals surface area contributed by atoms with Gasteiger partial charge in [0.25, 0.3) is 11.6 Å². The number of nitro groups is 1. The Bertz CT molecular complexity index is 1240. The molecule has 0 saturated carbocycles. The molecule has 0 spiro atoms. The van der Waals surface area contributed by atoms with Crippen LogP contribution in [0.2, 0.25) is 0 Å². The average molecular weight is 455 g/mol. The lowest BCUT2D eigenvalue weighted by Gasteiger charge is -2.25. The summed E-state index contributed by atoms with van der Waals surface area (Å²) < 4.78 is 27.7. The van der Waals surface area contributed by atoms with Gasteiger partial charge in [-0.05, 0) is 35.9 Å². The van der Waals surface area contributed by atoms with Gasteiger partial charge in [0.1, 0.15) is 17.0 Å². The number of nitrogens with one attached hydrogen (secondary N) is 1. The van der Waals surface area contributed by atoms with Crippen molar-refractivity contribution in [1.82, 2.24) is 0 Å². The molecule has 0 aromatic heterocycles. The molecule has 1 aliphatic heterocycles. The highest BCUT2D eigenvalue weighted by molar-refractivity contribution is 8.00. The van der Waals surface area contributed by atoms with E-state index in [1.807, 2.05) is 0 Å². The number of halogens is 2. The molecule has 1 saturated heterocycles. The molecular formula is C22H15F2N3O4S. The maximum atomic E-state index is 14.3. The second-order valence-corrected chi connectivity index (χ2v) is 7.98. The number of nitrogens with zero attached hydrogens (tertiary/aromatic N) is 2. The fraction of sp³-hybridized carbons (Fsp3) is 0.0909. The molecule has 1 heterocycles. The van der Waals surface area contributed by atoms with Gasteiger partial charge in [-0.2, -0.15) is 0 Å². The number of non-ortho nitro benzene ring substituents is 1. The second-order valence-electron chi connectivity index (χ2n) is 6.91. The number of hydrogen-bond donors (Lipinski definition) is 1. The number of hydrogen-bond acceptors (Lipinski definition) is 5. The van der Waals surface area contributed by atoms with Gasteiger partial charge in [-0.15, -0.1) is 11.8 Å². The Morgan fingerprint density at radius 2 is 1.88 bits per heavy atom. The molecule has 1 fully saturated rings. The second kappa shape index (κ2) is 8.75. The van der Waals surface area contributed by atoms with Crippen LogP contribution < -0.4 is 10.2 Å². The van der Waals surface area contributed by atoms with E-state index in [4.69, 9.17) is 0 Å². The third-order valence-corrected chi connectivity index (χ3v) is 6.00. The van der Waals surface area contributed by atoms with E-state index in [-0.39, 0.29) is 28.6 Å².